The number of hydrogen-bond donors (Lipinski definition) is 4. The third-order valence-electron chi connectivity index (χ3n) is 3.84. The van der Waals surface area contributed by atoms with Gasteiger partial charge in [-0.25, -0.2) is 4.98 Å². The molecule has 2 aromatic heterocycles. The number of pyridine rings is 1. The number of aliphatic hydroxyl groups excluding tert-OH is 2. The van der Waals surface area contributed by atoms with Gasteiger partial charge in [-0.2, -0.15) is 0 Å². The van der Waals surface area contributed by atoms with Crippen molar-refractivity contribution in [3.8, 4) is 0 Å². The van der Waals surface area contributed by atoms with Gasteiger partial charge >= 0.3 is 0 Å². The predicted octanol–water partition coefficient (Wildman–Crippen LogP) is 0.956. The Morgan fingerprint density at radius 3 is 2.83 bits per heavy atom. The van der Waals surface area contributed by atoms with Crippen LogP contribution in [-0.4, -0.2) is 44.2 Å². The lowest BCUT2D eigenvalue weighted by Crippen LogP contribution is -2.30. The Kier molecular flexibility index (Phi) is 4.83. The van der Waals surface area contributed by atoms with E-state index in [2.05, 4.69) is 20.3 Å². The van der Waals surface area contributed by atoms with E-state index in [1.807, 2.05) is 6.07 Å². The molecule has 1 aromatic carbocycles. The van der Waals surface area contributed by atoms with Crippen molar-refractivity contribution in [1.29, 1.82) is 0 Å². The van der Waals surface area contributed by atoms with Crippen LogP contribution in [0.3, 0.4) is 0 Å². The molecular weight excluding hydrogens is 308 g/mol. The average Bonchev–Trinajstić information content (AvgIpc) is 3.06. The predicted molar refractivity (Wildman–Crippen MR) is 88.4 cm³/mol. The summed E-state index contributed by atoms with van der Waals surface area (Å²) in [6, 6.07) is 8.88. The number of aromatic amines is 1. The molecule has 0 fully saturated rings. The molecule has 0 aliphatic heterocycles. The number of carbonyl (C=O) groups excluding carboxylic acids is 1. The summed E-state index contributed by atoms with van der Waals surface area (Å²) in [7, 11) is 0. The highest BCUT2D eigenvalue weighted by molar-refractivity contribution is 6.04. The molecule has 0 bridgehead atoms. The molecule has 1 atom stereocenters. The molecule has 3 rings (SSSR count). The summed E-state index contributed by atoms with van der Waals surface area (Å²) >= 11 is 0. The van der Waals surface area contributed by atoms with Gasteiger partial charge in [-0.1, -0.05) is 12.1 Å². The summed E-state index contributed by atoms with van der Waals surface area (Å²) in [5.41, 5.74) is 2.49. The van der Waals surface area contributed by atoms with Crippen LogP contribution in [0.1, 0.15) is 27.7 Å². The Hall–Kier alpha value is -2.77. The number of aliphatic hydroxyl groups is 2. The van der Waals surface area contributed by atoms with E-state index in [1.54, 1.807) is 36.7 Å². The first kappa shape index (κ1) is 16.1. The Morgan fingerprint density at radius 2 is 2.12 bits per heavy atom. The number of fused-ring (bicyclic) bond motifs is 1. The van der Waals surface area contributed by atoms with Gasteiger partial charge in [0.15, 0.2) is 0 Å². The molecule has 0 saturated carbocycles. The number of hydrogen-bond acceptors (Lipinski definition) is 5. The zero-order valence-electron chi connectivity index (χ0n) is 12.9. The first-order chi connectivity index (χ1) is 11.7. The number of imidazole rings is 1. The van der Waals surface area contributed by atoms with E-state index in [0.717, 1.165) is 5.56 Å². The molecule has 1 unspecified atom stereocenters. The lowest BCUT2D eigenvalue weighted by Gasteiger charge is -2.15. The van der Waals surface area contributed by atoms with E-state index in [0.29, 0.717) is 22.4 Å². The van der Waals surface area contributed by atoms with Gasteiger partial charge in [-0.05, 0) is 23.8 Å². The Balaban J connectivity index is 1.76. The number of H-pyrrole nitrogens is 1. The van der Waals surface area contributed by atoms with Crippen LogP contribution >= 0.6 is 0 Å². The van der Waals surface area contributed by atoms with Crippen LogP contribution in [0.4, 0.5) is 0 Å². The number of para-hydroxylation sites is 1. The maximum Gasteiger partial charge on any atom is 0.253 e. The Morgan fingerprint density at radius 1 is 1.25 bits per heavy atom. The minimum absolute atomic E-state index is 0.0900. The molecule has 4 N–H and O–H groups in total. The van der Waals surface area contributed by atoms with Crippen LogP contribution in [-0.2, 0) is 6.61 Å². The van der Waals surface area contributed by atoms with E-state index < -0.39 is 0 Å². The first-order valence-electron chi connectivity index (χ1n) is 7.60. The normalized spacial score (nSPS) is 12.2. The summed E-state index contributed by atoms with van der Waals surface area (Å²) < 4.78 is 0. The van der Waals surface area contributed by atoms with Crippen molar-refractivity contribution in [2.75, 3.05) is 13.2 Å². The second kappa shape index (κ2) is 7.20. The minimum Gasteiger partial charge on any atom is -0.396 e. The number of rotatable bonds is 6. The molecule has 124 valence electrons. The third kappa shape index (κ3) is 3.27. The zero-order valence-corrected chi connectivity index (χ0v) is 12.9. The SMILES string of the molecule is O=C(NCC(CO)c1cccnc1)c1cccc2[nH]c(CO)nc12. The summed E-state index contributed by atoms with van der Waals surface area (Å²) in [6.07, 6.45) is 3.34. The first-order valence-corrected chi connectivity index (χ1v) is 7.60. The summed E-state index contributed by atoms with van der Waals surface area (Å²) in [5.74, 6) is -0.0955. The van der Waals surface area contributed by atoms with Crippen molar-refractivity contribution in [3.05, 3.63) is 59.7 Å². The molecule has 3 aromatic rings. The lowest BCUT2D eigenvalue weighted by molar-refractivity contribution is 0.0949. The van der Waals surface area contributed by atoms with Gasteiger partial charge in [0.2, 0.25) is 0 Å². The largest absolute Gasteiger partial charge is 0.396 e. The van der Waals surface area contributed by atoms with Crippen molar-refractivity contribution in [2.45, 2.75) is 12.5 Å². The molecule has 0 radical (unpaired) electrons. The van der Waals surface area contributed by atoms with Crippen LogP contribution in [0.2, 0.25) is 0 Å². The van der Waals surface area contributed by atoms with Crippen molar-refractivity contribution < 1.29 is 15.0 Å². The van der Waals surface area contributed by atoms with Gasteiger partial charge in [0.25, 0.3) is 5.91 Å². The maximum absolute atomic E-state index is 12.5. The summed E-state index contributed by atoms with van der Waals surface area (Å²) in [6.45, 7) is -0.0226. The van der Waals surface area contributed by atoms with Gasteiger partial charge in [-0.3, -0.25) is 9.78 Å². The smallest absolute Gasteiger partial charge is 0.253 e. The number of nitrogens with zero attached hydrogens (tertiary/aromatic N) is 2. The van der Waals surface area contributed by atoms with Crippen molar-refractivity contribution >= 4 is 16.9 Å². The molecule has 0 aliphatic carbocycles. The van der Waals surface area contributed by atoms with Crippen molar-refractivity contribution in [2.24, 2.45) is 0 Å². The Labute approximate surface area is 138 Å². The second-order valence-corrected chi connectivity index (χ2v) is 5.42. The summed E-state index contributed by atoms with van der Waals surface area (Å²) in [4.78, 5) is 23.7. The van der Waals surface area contributed by atoms with Gasteiger partial charge in [0.05, 0.1) is 17.7 Å². The minimum atomic E-state index is -0.279. The molecule has 7 nitrogen and oxygen atoms in total. The molecule has 1 amide bonds. The van der Waals surface area contributed by atoms with E-state index in [4.69, 9.17) is 0 Å². The monoisotopic (exact) mass is 326 g/mol. The van der Waals surface area contributed by atoms with Crippen LogP contribution in [0.5, 0.6) is 0 Å². The fraction of sp³-hybridized carbons (Fsp3) is 0.235. The number of benzene rings is 1. The van der Waals surface area contributed by atoms with Gasteiger partial charge in [-0.15, -0.1) is 0 Å². The molecular formula is C17H18N4O3. The highest BCUT2D eigenvalue weighted by Gasteiger charge is 2.16. The highest BCUT2D eigenvalue weighted by Crippen LogP contribution is 2.17. The maximum atomic E-state index is 12.5. The topological polar surface area (TPSA) is 111 Å². The van der Waals surface area contributed by atoms with Gasteiger partial charge in [0, 0.05) is 24.9 Å². The number of carbonyl (C=O) groups is 1. The standard InChI is InChI=1S/C17H18N4O3/c22-9-12(11-3-2-6-18-7-11)8-19-17(24)13-4-1-5-14-16(13)21-15(10-23)20-14/h1-7,12,22-23H,8-10H2,(H,19,24)(H,20,21). The van der Waals surface area contributed by atoms with Crippen LogP contribution in [0.15, 0.2) is 42.7 Å². The van der Waals surface area contributed by atoms with E-state index in [1.165, 1.54) is 0 Å². The molecule has 7 heteroatoms. The fourth-order valence-electron chi connectivity index (χ4n) is 2.56. The lowest BCUT2D eigenvalue weighted by atomic mass is 10.0. The molecule has 0 spiro atoms. The van der Waals surface area contributed by atoms with Crippen LogP contribution < -0.4 is 5.32 Å². The molecule has 24 heavy (non-hydrogen) atoms. The Bertz CT molecular complexity index is 832. The molecule has 2 heterocycles. The van der Waals surface area contributed by atoms with Crippen molar-refractivity contribution in [3.63, 3.8) is 0 Å². The van der Waals surface area contributed by atoms with E-state index in [9.17, 15) is 15.0 Å². The quantitative estimate of drug-likeness (QED) is 0.539. The van der Waals surface area contributed by atoms with Gasteiger partial charge < -0.3 is 20.5 Å². The summed E-state index contributed by atoms with van der Waals surface area (Å²) in [5, 5.41) is 21.5. The van der Waals surface area contributed by atoms with E-state index in [-0.39, 0.29) is 31.6 Å². The second-order valence-electron chi connectivity index (χ2n) is 5.42. The third-order valence-corrected chi connectivity index (χ3v) is 3.84. The van der Waals surface area contributed by atoms with Crippen LogP contribution in [0.25, 0.3) is 11.0 Å². The van der Waals surface area contributed by atoms with Crippen molar-refractivity contribution in [1.82, 2.24) is 20.3 Å². The molecule has 0 saturated heterocycles. The number of nitrogens with one attached hydrogen (secondary N) is 2. The fourth-order valence-corrected chi connectivity index (χ4v) is 2.56. The zero-order chi connectivity index (χ0) is 16.9. The molecule has 0 aliphatic rings. The average molecular weight is 326 g/mol. The van der Waals surface area contributed by atoms with Crippen LogP contribution in [0, 0.1) is 0 Å². The van der Waals surface area contributed by atoms with E-state index >= 15 is 0 Å². The van der Waals surface area contributed by atoms with Gasteiger partial charge in [0.1, 0.15) is 17.9 Å². The number of aromatic nitrogens is 3. The number of amides is 1. The highest BCUT2D eigenvalue weighted by atomic mass is 16.3.